The van der Waals surface area contributed by atoms with Gasteiger partial charge in [0.25, 0.3) is 0 Å². The van der Waals surface area contributed by atoms with E-state index in [1.807, 2.05) is 17.5 Å². The number of halogens is 1. The van der Waals surface area contributed by atoms with E-state index in [2.05, 4.69) is 47.2 Å². The van der Waals surface area contributed by atoms with Crippen molar-refractivity contribution in [3.8, 4) is 0 Å². The van der Waals surface area contributed by atoms with Crippen LogP contribution in [0.4, 0.5) is 0 Å². The van der Waals surface area contributed by atoms with Crippen LogP contribution in [0.3, 0.4) is 0 Å². The third kappa shape index (κ3) is 4.36. The van der Waals surface area contributed by atoms with E-state index in [0.717, 1.165) is 9.37 Å². The minimum absolute atomic E-state index is 0.0726. The minimum atomic E-state index is 0.0726. The number of hydrogen-bond acceptors (Lipinski definition) is 3. The van der Waals surface area contributed by atoms with E-state index >= 15 is 0 Å². The Kier molecular flexibility index (Phi) is 5.69. The lowest BCUT2D eigenvalue weighted by Gasteiger charge is -2.09. The molecule has 0 atom stereocenters. The summed E-state index contributed by atoms with van der Waals surface area (Å²) in [4.78, 5) is 14.2. The Bertz CT molecular complexity index is 596. The summed E-state index contributed by atoms with van der Waals surface area (Å²) in [6, 6.07) is 8.24. The molecule has 0 saturated heterocycles. The zero-order valence-corrected chi connectivity index (χ0v) is 14.6. The van der Waals surface area contributed by atoms with Crippen molar-refractivity contribution >= 4 is 44.9 Å². The average Bonchev–Trinajstić information content (AvgIpc) is 2.92. The van der Waals surface area contributed by atoms with Gasteiger partial charge in [-0.25, -0.2) is 0 Å². The molecule has 2 rings (SSSR count). The molecule has 0 spiro atoms. The molecule has 1 aromatic heterocycles. The van der Waals surface area contributed by atoms with Crippen LogP contribution in [-0.2, 0) is 11.3 Å². The van der Waals surface area contributed by atoms with Crippen molar-refractivity contribution in [1.29, 1.82) is 0 Å². The normalized spacial score (nSPS) is 10.6. The Morgan fingerprint density at radius 1 is 1.35 bits per heavy atom. The second kappa shape index (κ2) is 7.29. The number of amides is 1. The Morgan fingerprint density at radius 3 is 2.85 bits per heavy atom. The first-order valence-electron chi connectivity index (χ1n) is 6.25. The molecule has 2 aromatic rings. The Balaban J connectivity index is 1.85. The van der Waals surface area contributed by atoms with Crippen molar-refractivity contribution < 1.29 is 4.79 Å². The van der Waals surface area contributed by atoms with Gasteiger partial charge in [0.15, 0.2) is 0 Å². The van der Waals surface area contributed by atoms with Crippen LogP contribution in [0.2, 0.25) is 0 Å². The van der Waals surface area contributed by atoms with Crippen molar-refractivity contribution in [3.63, 3.8) is 0 Å². The molecule has 5 heteroatoms. The van der Waals surface area contributed by atoms with Crippen LogP contribution >= 0.6 is 39.0 Å². The maximum absolute atomic E-state index is 11.8. The molecular weight excluding hydrogens is 354 g/mol. The number of thioether (sulfide) groups is 1. The molecule has 0 bridgehead atoms. The first kappa shape index (κ1) is 15.6. The molecule has 106 valence electrons. The van der Waals surface area contributed by atoms with Crippen molar-refractivity contribution in [2.45, 2.75) is 25.3 Å². The molecule has 20 heavy (non-hydrogen) atoms. The number of hydrogen-bond donors (Lipinski definition) is 1. The minimum Gasteiger partial charge on any atom is -0.350 e. The molecule has 1 N–H and O–H groups in total. The summed E-state index contributed by atoms with van der Waals surface area (Å²) in [5.41, 5.74) is 2.38. The van der Waals surface area contributed by atoms with Crippen LogP contribution in [0.1, 0.15) is 16.0 Å². The van der Waals surface area contributed by atoms with Gasteiger partial charge in [0, 0.05) is 14.2 Å². The van der Waals surface area contributed by atoms with Crippen LogP contribution < -0.4 is 5.32 Å². The fourth-order valence-electron chi connectivity index (χ4n) is 1.70. The van der Waals surface area contributed by atoms with E-state index in [1.165, 1.54) is 16.0 Å². The fraction of sp³-hybridized carbons (Fsp3) is 0.267. The van der Waals surface area contributed by atoms with Crippen LogP contribution in [0, 0.1) is 13.8 Å². The van der Waals surface area contributed by atoms with Gasteiger partial charge < -0.3 is 5.32 Å². The third-order valence-electron chi connectivity index (χ3n) is 2.85. The quantitative estimate of drug-likeness (QED) is 0.784. The molecule has 2 nitrogen and oxygen atoms in total. The summed E-state index contributed by atoms with van der Waals surface area (Å²) in [7, 11) is 0. The molecular formula is C15H16BrNOS2. The van der Waals surface area contributed by atoms with Crippen molar-refractivity contribution in [1.82, 2.24) is 5.32 Å². The van der Waals surface area contributed by atoms with Gasteiger partial charge in [-0.15, -0.1) is 23.1 Å². The molecule has 0 aliphatic heterocycles. The van der Waals surface area contributed by atoms with Gasteiger partial charge in [0.05, 0.1) is 12.3 Å². The van der Waals surface area contributed by atoms with E-state index < -0.39 is 0 Å². The van der Waals surface area contributed by atoms with E-state index in [4.69, 9.17) is 0 Å². The van der Waals surface area contributed by atoms with Gasteiger partial charge in [0.2, 0.25) is 5.91 Å². The molecule has 0 unspecified atom stereocenters. The van der Waals surface area contributed by atoms with Gasteiger partial charge in [-0.05, 0) is 48.6 Å². The predicted molar refractivity (Wildman–Crippen MR) is 90.5 cm³/mol. The van der Waals surface area contributed by atoms with Gasteiger partial charge >= 0.3 is 0 Å². The molecule has 0 radical (unpaired) electrons. The summed E-state index contributed by atoms with van der Waals surface area (Å²) in [6.07, 6.45) is 0. The molecule has 1 amide bonds. The Morgan fingerprint density at radius 2 is 2.15 bits per heavy atom. The molecule has 0 fully saturated rings. The fourth-order valence-corrected chi connectivity index (χ4v) is 3.74. The maximum Gasteiger partial charge on any atom is 0.230 e. The molecule has 1 heterocycles. The number of nitrogens with one attached hydrogen (secondary N) is 1. The highest BCUT2D eigenvalue weighted by Gasteiger charge is 2.07. The molecule has 0 aliphatic rings. The average molecular weight is 370 g/mol. The Labute approximate surface area is 136 Å². The molecule has 0 saturated carbocycles. The number of carbonyl (C=O) groups excluding carboxylic acids is 1. The Hall–Kier alpha value is -0.780. The van der Waals surface area contributed by atoms with Gasteiger partial charge in [-0.2, -0.15) is 0 Å². The standard InChI is InChI=1S/C15H16BrNOS2/c1-10-7-14(11(2)6-13(10)16)20-9-15(18)17-8-12-4-3-5-19-12/h3-7H,8-9H2,1-2H3,(H,17,18). The van der Waals surface area contributed by atoms with Crippen LogP contribution in [0.5, 0.6) is 0 Å². The third-order valence-corrected chi connectivity index (χ3v) is 5.74. The zero-order chi connectivity index (χ0) is 14.5. The number of rotatable bonds is 5. The van der Waals surface area contributed by atoms with Gasteiger partial charge in [-0.3, -0.25) is 4.79 Å². The summed E-state index contributed by atoms with van der Waals surface area (Å²) >= 11 is 6.76. The summed E-state index contributed by atoms with van der Waals surface area (Å²) in [5, 5.41) is 4.96. The second-order valence-corrected chi connectivity index (χ2v) is 7.42. The zero-order valence-electron chi connectivity index (χ0n) is 11.4. The van der Waals surface area contributed by atoms with Crippen LogP contribution in [0.15, 0.2) is 39.0 Å². The summed E-state index contributed by atoms with van der Waals surface area (Å²) in [5.74, 6) is 0.524. The highest BCUT2D eigenvalue weighted by molar-refractivity contribution is 9.10. The SMILES string of the molecule is Cc1cc(SCC(=O)NCc2cccs2)c(C)cc1Br. The van der Waals surface area contributed by atoms with Gasteiger partial charge in [0.1, 0.15) is 0 Å². The largest absolute Gasteiger partial charge is 0.350 e. The number of carbonyl (C=O) groups is 1. The molecule has 1 aromatic carbocycles. The first-order chi connectivity index (χ1) is 9.56. The predicted octanol–water partition coefficient (Wildman–Crippen LogP) is 4.54. The van der Waals surface area contributed by atoms with E-state index in [0.29, 0.717) is 12.3 Å². The lowest BCUT2D eigenvalue weighted by Crippen LogP contribution is -2.24. The van der Waals surface area contributed by atoms with Crippen LogP contribution in [-0.4, -0.2) is 11.7 Å². The number of benzene rings is 1. The monoisotopic (exact) mass is 369 g/mol. The first-order valence-corrected chi connectivity index (χ1v) is 8.90. The summed E-state index contributed by atoms with van der Waals surface area (Å²) < 4.78 is 1.11. The van der Waals surface area contributed by atoms with E-state index in [9.17, 15) is 4.79 Å². The topological polar surface area (TPSA) is 29.1 Å². The second-order valence-electron chi connectivity index (χ2n) is 4.51. The summed E-state index contributed by atoms with van der Waals surface area (Å²) in [6.45, 7) is 4.75. The molecule has 0 aliphatic carbocycles. The number of thiophene rings is 1. The smallest absolute Gasteiger partial charge is 0.230 e. The lowest BCUT2D eigenvalue weighted by atomic mass is 10.2. The van der Waals surface area contributed by atoms with Crippen molar-refractivity contribution in [2.75, 3.05) is 5.75 Å². The highest BCUT2D eigenvalue weighted by atomic mass is 79.9. The highest BCUT2D eigenvalue weighted by Crippen LogP contribution is 2.28. The van der Waals surface area contributed by atoms with E-state index in [1.54, 1.807) is 23.1 Å². The van der Waals surface area contributed by atoms with Crippen molar-refractivity contribution in [2.24, 2.45) is 0 Å². The van der Waals surface area contributed by atoms with Gasteiger partial charge in [-0.1, -0.05) is 22.0 Å². The van der Waals surface area contributed by atoms with Crippen molar-refractivity contribution in [3.05, 3.63) is 50.1 Å². The number of aryl methyl sites for hydroxylation is 2. The van der Waals surface area contributed by atoms with Crippen LogP contribution in [0.25, 0.3) is 0 Å². The maximum atomic E-state index is 11.8. The lowest BCUT2D eigenvalue weighted by molar-refractivity contribution is -0.118. The van der Waals surface area contributed by atoms with E-state index in [-0.39, 0.29) is 5.91 Å².